The molecule has 2 aromatic carbocycles. The van der Waals surface area contributed by atoms with Crippen LogP contribution in [0.2, 0.25) is 0 Å². The molecule has 0 radical (unpaired) electrons. The number of anilines is 2. The maximum Gasteiger partial charge on any atom is 0.253 e. The number of carbonyl (C=O) groups excluding carboxylic acids is 3. The fourth-order valence-electron chi connectivity index (χ4n) is 2.26. The minimum atomic E-state index is -0.241. The molecule has 0 spiro atoms. The van der Waals surface area contributed by atoms with E-state index in [1.807, 2.05) is 0 Å². The Kier molecular flexibility index (Phi) is 6.32. The first-order chi connectivity index (χ1) is 12.4. The molecule has 7 nitrogen and oxygen atoms in total. The van der Waals surface area contributed by atoms with E-state index in [2.05, 4.69) is 16.0 Å². The van der Waals surface area contributed by atoms with Crippen molar-refractivity contribution < 1.29 is 14.4 Å². The van der Waals surface area contributed by atoms with Crippen LogP contribution in [0, 0.1) is 0 Å². The number of carbonyl (C=O) groups is 3. The molecule has 7 heteroatoms. The molecule has 0 bridgehead atoms. The molecule has 0 aromatic heterocycles. The van der Waals surface area contributed by atoms with Crippen LogP contribution < -0.4 is 16.0 Å². The van der Waals surface area contributed by atoms with Gasteiger partial charge in [0.25, 0.3) is 11.8 Å². The fourth-order valence-corrected chi connectivity index (χ4v) is 2.26. The van der Waals surface area contributed by atoms with Crippen LogP contribution in [0.1, 0.15) is 20.7 Å². The highest BCUT2D eigenvalue weighted by atomic mass is 16.2. The van der Waals surface area contributed by atoms with E-state index in [0.717, 1.165) is 5.69 Å². The number of benzene rings is 2. The first-order valence-corrected chi connectivity index (χ1v) is 8.08. The summed E-state index contributed by atoms with van der Waals surface area (Å²) in [6.07, 6.45) is 0. The van der Waals surface area contributed by atoms with E-state index in [9.17, 15) is 14.4 Å². The van der Waals surface area contributed by atoms with Gasteiger partial charge in [-0.15, -0.1) is 0 Å². The zero-order chi connectivity index (χ0) is 19.1. The molecule has 0 unspecified atom stereocenters. The molecule has 0 saturated carbocycles. The minimum absolute atomic E-state index is 0.0607. The summed E-state index contributed by atoms with van der Waals surface area (Å²) in [6, 6.07) is 13.6. The SMILES string of the molecule is CNC(=O)c1ccc(NCC(=O)Nc2cccc(C(=O)N(C)C)c2)cc1. The molecule has 3 amide bonds. The Balaban J connectivity index is 1.92. The van der Waals surface area contributed by atoms with Crippen molar-refractivity contribution in [1.29, 1.82) is 0 Å². The van der Waals surface area contributed by atoms with E-state index in [4.69, 9.17) is 0 Å². The van der Waals surface area contributed by atoms with Gasteiger partial charge in [-0.3, -0.25) is 14.4 Å². The van der Waals surface area contributed by atoms with Gasteiger partial charge in [0.1, 0.15) is 0 Å². The molecule has 2 rings (SSSR count). The molecule has 0 fully saturated rings. The lowest BCUT2D eigenvalue weighted by molar-refractivity contribution is -0.114. The van der Waals surface area contributed by atoms with Gasteiger partial charge in [-0.2, -0.15) is 0 Å². The third-order valence-corrected chi connectivity index (χ3v) is 3.63. The van der Waals surface area contributed by atoms with E-state index in [0.29, 0.717) is 16.8 Å². The summed E-state index contributed by atoms with van der Waals surface area (Å²) in [5.41, 5.74) is 2.33. The van der Waals surface area contributed by atoms with Crippen LogP contribution in [0.15, 0.2) is 48.5 Å². The zero-order valence-electron chi connectivity index (χ0n) is 15.0. The molecule has 2 aromatic rings. The lowest BCUT2D eigenvalue weighted by Crippen LogP contribution is -2.23. The van der Waals surface area contributed by atoms with Crippen molar-refractivity contribution >= 4 is 29.1 Å². The van der Waals surface area contributed by atoms with E-state index in [1.54, 1.807) is 69.7 Å². The first-order valence-electron chi connectivity index (χ1n) is 8.08. The number of nitrogens with one attached hydrogen (secondary N) is 3. The third kappa shape index (κ3) is 5.07. The van der Waals surface area contributed by atoms with Crippen molar-refractivity contribution in [2.45, 2.75) is 0 Å². The number of hydrogen-bond donors (Lipinski definition) is 3. The van der Waals surface area contributed by atoms with E-state index in [1.165, 1.54) is 4.90 Å². The summed E-state index contributed by atoms with van der Waals surface area (Å²) < 4.78 is 0. The highest BCUT2D eigenvalue weighted by Gasteiger charge is 2.09. The van der Waals surface area contributed by atoms with Gasteiger partial charge in [-0.05, 0) is 42.5 Å². The minimum Gasteiger partial charge on any atom is -0.376 e. The highest BCUT2D eigenvalue weighted by Crippen LogP contribution is 2.13. The molecule has 0 aliphatic carbocycles. The average Bonchev–Trinajstić information content (AvgIpc) is 2.65. The Bertz CT molecular complexity index is 801. The average molecular weight is 354 g/mol. The van der Waals surface area contributed by atoms with Crippen molar-refractivity contribution in [3.05, 3.63) is 59.7 Å². The topological polar surface area (TPSA) is 90.5 Å². The molecule has 0 heterocycles. The van der Waals surface area contributed by atoms with Gasteiger partial charge >= 0.3 is 0 Å². The van der Waals surface area contributed by atoms with E-state index < -0.39 is 0 Å². The monoisotopic (exact) mass is 354 g/mol. The third-order valence-electron chi connectivity index (χ3n) is 3.63. The molecular formula is C19H22N4O3. The molecule has 3 N–H and O–H groups in total. The van der Waals surface area contributed by atoms with Gasteiger partial charge in [-0.1, -0.05) is 6.07 Å². The standard InChI is InChI=1S/C19H22N4O3/c1-20-18(25)13-7-9-15(10-8-13)21-12-17(24)22-16-6-4-5-14(11-16)19(26)23(2)3/h4-11,21H,12H2,1-3H3,(H,20,25)(H,22,24). The number of amides is 3. The Morgan fingerprint density at radius 2 is 1.62 bits per heavy atom. The zero-order valence-corrected chi connectivity index (χ0v) is 15.0. The molecule has 0 atom stereocenters. The Morgan fingerprint density at radius 1 is 0.923 bits per heavy atom. The molecule has 0 saturated heterocycles. The van der Waals surface area contributed by atoms with Crippen LogP contribution in [-0.2, 0) is 4.79 Å². The number of nitrogens with zero attached hydrogens (tertiary/aromatic N) is 1. The van der Waals surface area contributed by atoms with Crippen LogP contribution in [0.25, 0.3) is 0 Å². The Labute approximate surface area is 152 Å². The second kappa shape index (κ2) is 8.66. The van der Waals surface area contributed by atoms with Gasteiger partial charge in [0.05, 0.1) is 6.54 Å². The number of hydrogen-bond acceptors (Lipinski definition) is 4. The summed E-state index contributed by atoms with van der Waals surface area (Å²) >= 11 is 0. The van der Waals surface area contributed by atoms with Gasteiger partial charge < -0.3 is 20.9 Å². The maximum absolute atomic E-state index is 12.1. The fraction of sp³-hybridized carbons (Fsp3) is 0.211. The molecule has 136 valence electrons. The van der Waals surface area contributed by atoms with Crippen molar-refractivity contribution in [1.82, 2.24) is 10.2 Å². The molecular weight excluding hydrogens is 332 g/mol. The second-order valence-corrected chi connectivity index (χ2v) is 5.84. The largest absolute Gasteiger partial charge is 0.376 e. The van der Waals surface area contributed by atoms with Crippen LogP contribution >= 0.6 is 0 Å². The van der Waals surface area contributed by atoms with Crippen molar-refractivity contribution in [2.75, 3.05) is 38.3 Å². The van der Waals surface area contributed by atoms with Gasteiger partial charge in [-0.25, -0.2) is 0 Å². The molecule has 0 aliphatic heterocycles. The smallest absolute Gasteiger partial charge is 0.253 e. The maximum atomic E-state index is 12.1. The summed E-state index contributed by atoms with van der Waals surface area (Å²) in [5, 5.41) is 8.28. The highest BCUT2D eigenvalue weighted by molar-refractivity contribution is 5.98. The Hall–Kier alpha value is -3.35. The van der Waals surface area contributed by atoms with Crippen LogP contribution in [0.3, 0.4) is 0 Å². The van der Waals surface area contributed by atoms with E-state index >= 15 is 0 Å². The first kappa shape index (κ1) is 19.0. The van der Waals surface area contributed by atoms with Crippen molar-refractivity contribution in [3.63, 3.8) is 0 Å². The normalized spacial score (nSPS) is 9.96. The lowest BCUT2D eigenvalue weighted by atomic mass is 10.2. The van der Waals surface area contributed by atoms with Gasteiger partial charge in [0.2, 0.25) is 5.91 Å². The predicted molar refractivity (Wildman–Crippen MR) is 101 cm³/mol. The van der Waals surface area contributed by atoms with Crippen LogP contribution in [-0.4, -0.2) is 50.3 Å². The van der Waals surface area contributed by atoms with Gasteiger partial charge in [0.15, 0.2) is 0 Å². The van der Waals surface area contributed by atoms with Crippen LogP contribution in [0.5, 0.6) is 0 Å². The Morgan fingerprint density at radius 3 is 2.23 bits per heavy atom. The van der Waals surface area contributed by atoms with Crippen molar-refractivity contribution in [3.8, 4) is 0 Å². The summed E-state index contributed by atoms with van der Waals surface area (Å²) in [5.74, 6) is -0.535. The van der Waals surface area contributed by atoms with Gasteiger partial charge in [0, 0.05) is 43.6 Å². The summed E-state index contributed by atoms with van der Waals surface area (Å²) in [7, 11) is 4.92. The predicted octanol–water partition coefficient (Wildman–Crippen LogP) is 1.80. The quantitative estimate of drug-likeness (QED) is 0.738. The van der Waals surface area contributed by atoms with Crippen molar-refractivity contribution in [2.24, 2.45) is 0 Å². The molecule has 0 aliphatic rings. The lowest BCUT2D eigenvalue weighted by Gasteiger charge is -2.12. The summed E-state index contributed by atoms with van der Waals surface area (Å²) in [4.78, 5) is 37.0. The summed E-state index contributed by atoms with van der Waals surface area (Å²) in [6.45, 7) is 0.0607. The number of rotatable bonds is 6. The van der Waals surface area contributed by atoms with E-state index in [-0.39, 0.29) is 24.3 Å². The second-order valence-electron chi connectivity index (χ2n) is 5.84. The molecule has 26 heavy (non-hydrogen) atoms. The van der Waals surface area contributed by atoms with Crippen LogP contribution in [0.4, 0.5) is 11.4 Å².